The van der Waals surface area contributed by atoms with Gasteiger partial charge in [-0.25, -0.2) is 14.1 Å². The van der Waals surface area contributed by atoms with Crippen LogP contribution >= 0.6 is 11.6 Å². The molecule has 0 bridgehead atoms. The Morgan fingerprint density at radius 1 is 1.07 bits per heavy atom. The average Bonchev–Trinajstić information content (AvgIpc) is 3.38. The lowest BCUT2D eigenvalue weighted by atomic mass is 9.52. The van der Waals surface area contributed by atoms with Gasteiger partial charge in [0.15, 0.2) is 11.5 Å². The van der Waals surface area contributed by atoms with Crippen molar-refractivity contribution in [3.8, 4) is 11.5 Å². The number of anilines is 1. The summed E-state index contributed by atoms with van der Waals surface area (Å²) in [6.45, 7) is 1.70. The van der Waals surface area contributed by atoms with Crippen molar-refractivity contribution in [2.24, 2.45) is 35.0 Å². The van der Waals surface area contributed by atoms with Crippen LogP contribution in [-0.2, 0) is 23.9 Å². The van der Waals surface area contributed by atoms with Crippen molar-refractivity contribution in [1.29, 1.82) is 0 Å². The van der Waals surface area contributed by atoms with E-state index in [4.69, 9.17) is 21.1 Å². The van der Waals surface area contributed by atoms with Gasteiger partial charge in [-0.15, -0.1) is 0 Å². The Hall–Kier alpha value is -4.51. The number of rotatable bonds is 4. The highest BCUT2D eigenvalue weighted by atomic mass is 35.5. The molecule has 3 fully saturated rings. The standard InChI is InChI=1S/C32H28ClFN2O8/c1-32-20(9-4-15-5-11-24(37)25(12-15)43-2)17-7-8-18-26(29(40)36(27(18)38)31(42)44-3)19(17)14-21(32)28(39)35(30(32)41)16-6-10-23(34)22(33)13-16/h4-7,9-13,18-21,26,37H,8,14H2,1-3H3. The first-order chi connectivity index (χ1) is 20.9. The second kappa shape index (κ2) is 10.6. The first kappa shape index (κ1) is 29.6. The molecular formula is C32H28ClFN2O8. The van der Waals surface area contributed by atoms with Crippen LogP contribution in [0.4, 0.5) is 14.9 Å². The Kier molecular flexibility index (Phi) is 7.11. The van der Waals surface area contributed by atoms with Gasteiger partial charge in [0, 0.05) is 5.92 Å². The second-order valence-corrected chi connectivity index (χ2v) is 12.0. The number of methoxy groups -OCH3 is 2. The zero-order valence-corrected chi connectivity index (χ0v) is 24.7. The molecule has 228 valence electrons. The maximum atomic E-state index is 14.3. The number of imide groups is 4. The summed E-state index contributed by atoms with van der Waals surface area (Å²) in [5.41, 5.74) is 0.143. The minimum absolute atomic E-state index is 0.0554. The van der Waals surface area contributed by atoms with Gasteiger partial charge < -0.3 is 14.6 Å². The van der Waals surface area contributed by atoms with Gasteiger partial charge in [0.25, 0.3) is 0 Å². The zero-order valence-electron chi connectivity index (χ0n) is 24.0. The largest absolute Gasteiger partial charge is 0.504 e. The van der Waals surface area contributed by atoms with Crippen molar-refractivity contribution in [2.75, 3.05) is 19.1 Å². The molecule has 6 unspecified atom stereocenters. The highest BCUT2D eigenvalue weighted by Gasteiger charge is 2.67. The zero-order chi connectivity index (χ0) is 31.7. The summed E-state index contributed by atoms with van der Waals surface area (Å²) >= 11 is 6.01. The Morgan fingerprint density at radius 2 is 1.82 bits per heavy atom. The van der Waals surface area contributed by atoms with Crippen LogP contribution < -0.4 is 9.64 Å². The number of phenolic OH excluding ortho intramolecular Hbond substituents is 1. The molecule has 1 N–H and O–H groups in total. The number of nitrogens with zero attached hydrogens (tertiary/aromatic N) is 2. The van der Waals surface area contributed by atoms with Crippen LogP contribution in [0.5, 0.6) is 11.5 Å². The lowest BCUT2D eigenvalue weighted by Crippen LogP contribution is -2.49. The van der Waals surface area contributed by atoms with Crippen LogP contribution in [0.15, 0.2) is 54.1 Å². The van der Waals surface area contributed by atoms with E-state index in [-0.39, 0.29) is 35.1 Å². The average molecular weight is 623 g/mol. The predicted molar refractivity (Wildman–Crippen MR) is 155 cm³/mol. The number of phenols is 1. The summed E-state index contributed by atoms with van der Waals surface area (Å²) in [6.07, 6.45) is 4.52. The number of amides is 5. The van der Waals surface area contributed by atoms with E-state index in [9.17, 15) is 33.5 Å². The van der Waals surface area contributed by atoms with Crippen LogP contribution in [0, 0.1) is 40.8 Å². The predicted octanol–water partition coefficient (Wildman–Crippen LogP) is 4.74. The van der Waals surface area contributed by atoms with Gasteiger partial charge in [0.05, 0.1) is 48.1 Å². The smallest absolute Gasteiger partial charge is 0.423 e. The molecule has 1 saturated carbocycles. The lowest BCUT2D eigenvalue weighted by Gasteiger charge is -2.47. The fourth-order valence-corrected chi connectivity index (χ4v) is 7.54. The molecule has 2 aromatic carbocycles. The Morgan fingerprint density at radius 3 is 2.50 bits per heavy atom. The van der Waals surface area contributed by atoms with Crippen molar-refractivity contribution >= 4 is 53.1 Å². The highest BCUT2D eigenvalue weighted by molar-refractivity contribution is 6.31. The molecule has 4 aliphatic rings. The second-order valence-electron chi connectivity index (χ2n) is 11.6. The van der Waals surface area contributed by atoms with Crippen LogP contribution in [0.3, 0.4) is 0 Å². The SMILES string of the molecule is COC(=O)N1C(=O)C2CC=C3C(CC4C(=O)N(c5ccc(F)c(Cl)c5)C(=O)C4(C)C3C=Cc3ccc(O)c(OC)c3)C2C1=O. The van der Waals surface area contributed by atoms with E-state index < -0.39 is 70.5 Å². The van der Waals surface area contributed by atoms with Crippen LogP contribution in [0.25, 0.3) is 6.08 Å². The van der Waals surface area contributed by atoms with Crippen LogP contribution in [0.1, 0.15) is 25.3 Å². The van der Waals surface area contributed by atoms with Crippen molar-refractivity contribution < 1.29 is 42.9 Å². The summed E-state index contributed by atoms with van der Waals surface area (Å²) in [6, 6.07) is 8.33. The molecule has 6 atom stereocenters. The van der Waals surface area contributed by atoms with Crippen molar-refractivity contribution in [3.05, 3.63) is 70.5 Å². The molecule has 2 aliphatic heterocycles. The lowest BCUT2D eigenvalue weighted by molar-refractivity contribution is -0.138. The van der Waals surface area contributed by atoms with E-state index in [1.807, 2.05) is 6.08 Å². The number of fused-ring (bicyclic) bond motifs is 4. The molecule has 0 spiro atoms. The van der Waals surface area contributed by atoms with E-state index in [1.165, 1.54) is 25.3 Å². The number of likely N-dealkylation sites (tertiary alicyclic amines) is 1. The van der Waals surface area contributed by atoms with Crippen molar-refractivity contribution in [3.63, 3.8) is 0 Å². The number of allylic oxidation sites excluding steroid dienone is 3. The van der Waals surface area contributed by atoms with Gasteiger partial charge in [-0.05, 0) is 61.6 Å². The summed E-state index contributed by atoms with van der Waals surface area (Å²) in [7, 11) is 2.50. The molecule has 2 aromatic rings. The highest BCUT2D eigenvalue weighted by Crippen LogP contribution is 2.61. The third-order valence-corrected chi connectivity index (χ3v) is 9.84. The molecule has 5 amide bonds. The molecule has 2 aliphatic carbocycles. The van der Waals surface area contributed by atoms with E-state index in [0.717, 1.165) is 18.1 Å². The molecule has 0 aromatic heterocycles. The van der Waals surface area contributed by atoms with Crippen molar-refractivity contribution in [2.45, 2.75) is 19.8 Å². The number of ether oxygens (including phenoxy) is 2. The third kappa shape index (κ3) is 4.16. The third-order valence-electron chi connectivity index (χ3n) is 9.55. The molecule has 6 rings (SSSR count). The van der Waals surface area contributed by atoms with E-state index in [0.29, 0.717) is 16.0 Å². The Labute approximate surface area is 256 Å². The molecule has 2 saturated heterocycles. The topological polar surface area (TPSA) is 131 Å². The van der Waals surface area contributed by atoms with Gasteiger partial charge >= 0.3 is 6.09 Å². The number of carbonyl (C=O) groups excluding carboxylic acids is 5. The van der Waals surface area contributed by atoms with Gasteiger partial charge in [0.1, 0.15) is 5.82 Å². The first-order valence-corrected chi connectivity index (χ1v) is 14.4. The minimum Gasteiger partial charge on any atom is -0.504 e. The first-order valence-electron chi connectivity index (χ1n) is 14.0. The molecule has 2 heterocycles. The number of carbonyl (C=O) groups is 5. The monoisotopic (exact) mass is 622 g/mol. The summed E-state index contributed by atoms with van der Waals surface area (Å²) in [5.74, 6) is -6.92. The van der Waals surface area contributed by atoms with Crippen LogP contribution in [0.2, 0.25) is 5.02 Å². The Balaban J connectivity index is 1.47. The summed E-state index contributed by atoms with van der Waals surface area (Å²) < 4.78 is 23.9. The molecule has 44 heavy (non-hydrogen) atoms. The van der Waals surface area contributed by atoms with Crippen molar-refractivity contribution in [1.82, 2.24) is 4.90 Å². The number of halogens is 2. The van der Waals surface area contributed by atoms with Gasteiger partial charge in [0.2, 0.25) is 23.6 Å². The molecular weight excluding hydrogens is 595 g/mol. The van der Waals surface area contributed by atoms with E-state index >= 15 is 0 Å². The summed E-state index contributed by atoms with van der Waals surface area (Å²) in [4.78, 5) is 69.0. The van der Waals surface area contributed by atoms with Gasteiger partial charge in [-0.3, -0.25) is 19.2 Å². The normalized spacial score (nSPS) is 29.5. The van der Waals surface area contributed by atoms with Gasteiger partial charge in [-0.2, -0.15) is 4.90 Å². The number of benzene rings is 2. The fourth-order valence-electron chi connectivity index (χ4n) is 7.37. The number of hydrogen-bond donors (Lipinski definition) is 1. The van der Waals surface area contributed by atoms with E-state index in [2.05, 4.69) is 0 Å². The van der Waals surface area contributed by atoms with E-state index in [1.54, 1.807) is 31.2 Å². The molecule has 12 heteroatoms. The number of hydrogen-bond acceptors (Lipinski definition) is 8. The fraction of sp³-hybridized carbons (Fsp3) is 0.344. The number of aromatic hydroxyl groups is 1. The molecule has 0 radical (unpaired) electrons. The van der Waals surface area contributed by atoms with Crippen LogP contribution in [-0.4, -0.2) is 53.9 Å². The van der Waals surface area contributed by atoms with Gasteiger partial charge in [-0.1, -0.05) is 41.5 Å². The maximum Gasteiger partial charge on any atom is 0.423 e. The molecule has 10 nitrogen and oxygen atoms in total. The Bertz CT molecular complexity index is 1700. The maximum absolute atomic E-state index is 14.3. The summed E-state index contributed by atoms with van der Waals surface area (Å²) in [5, 5.41) is 9.79. The quantitative estimate of drug-likeness (QED) is 0.382. The minimum atomic E-state index is -1.32.